The number of nitrogens with one attached hydrogen (secondary N) is 1. The number of aromatic amines is 1. The first-order valence-electron chi connectivity index (χ1n) is 5.84. The van der Waals surface area contributed by atoms with E-state index in [-0.39, 0.29) is 0 Å². The Bertz CT molecular complexity index is 729. The average Bonchev–Trinajstić information content (AvgIpc) is 3.09. The Kier molecular flexibility index (Phi) is 3.62. The SMILES string of the molecule is C=Nc1cnc(Sc2n[nH]c(-c3ccc(C)cc3)n2)s1. The van der Waals surface area contributed by atoms with Crippen molar-refractivity contribution >= 4 is 34.8 Å². The van der Waals surface area contributed by atoms with Crippen molar-refractivity contribution in [2.75, 3.05) is 0 Å². The zero-order valence-corrected chi connectivity index (χ0v) is 12.3. The maximum Gasteiger partial charge on any atom is 0.215 e. The zero-order chi connectivity index (χ0) is 13.9. The van der Waals surface area contributed by atoms with Crippen LogP contribution >= 0.6 is 23.1 Å². The van der Waals surface area contributed by atoms with Crippen molar-refractivity contribution in [3.63, 3.8) is 0 Å². The van der Waals surface area contributed by atoms with Crippen molar-refractivity contribution < 1.29 is 0 Å². The molecule has 20 heavy (non-hydrogen) atoms. The number of aryl methyl sites for hydroxylation is 1. The Labute approximate surface area is 124 Å². The lowest BCUT2D eigenvalue weighted by atomic mass is 10.1. The second kappa shape index (κ2) is 5.56. The number of rotatable bonds is 4. The maximum atomic E-state index is 4.46. The number of aromatic nitrogens is 4. The second-order valence-electron chi connectivity index (χ2n) is 4.06. The van der Waals surface area contributed by atoms with E-state index in [1.54, 1.807) is 6.20 Å². The summed E-state index contributed by atoms with van der Waals surface area (Å²) in [7, 11) is 0. The molecule has 100 valence electrons. The van der Waals surface area contributed by atoms with Gasteiger partial charge in [-0.15, -0.1) is 5.10 Å². The Morgan fingerprint density at radius 1 is 1.30 bits per heavy atom. The molecule has 0 aliphatic rings. The number of hydrogen-bond donors (Lipinski definition) is 1. The summed E-state index contributed by atoms with van der Waals surface area (Å²) < 4.78 is 0.849. The largest absolute Gasteiger partial charge is 0.258 e. The number of thiazole rings is 1. The van der Waals surface area contributed by atoms with Crippen molar-refractivity contribution in [3.8, 4) is 11.4 Å². The van der Waals surface area contributed by atoms with E-state index >= 15 is 0 Å². The third kappa shape index (κ3) is 2.78. The molecule has 0 saturated heterocycles. The minimum absolute atomic E-state index is 0.644. The molecule has 1 aromatic carbocycles. The van der Waals surface area contributed by atoms with E-state index in [4.69, 9.17) is 0 Å². The van der Waals surface area contributed by atoms with Crippen LogP contribution in [0.1, 0.15) is 5.56 Å². The Morgan fingerprint density at radius 2 is 2.10 bits per heavy atom. The van der Waals surface area contributed by atoms with E-state index < -0.39 is 0 Å². The second-order valence-corrected chi connectivity index (χ2v) is 6.28. The van der Waals surface area contributed by atoms with Gasteiger partial charge in [0, 0.05) is 5.56 Å². The average molecular weight is 301 g/mol. The molecule has 0 unspecified atom stereocenters. The molecule has 0 aliphatic heterocycles. The van der Waals surface area contributed by atoms with Gasteiger partial charge >= 0.3 is 0 Å². The fourth-order valence-corrected chi connectivity index (χ4v) is 3.17. The Balaban J connectivity index is 1.79. The summed E-state index contributed by atoms with van der Waals surface area (Å²) in [6.45, 7) is 5.53. The van der Waals surface area contributed by atoms with E-state index in [0.29, 0.717) is 5.16 Å². The lowest BCUT2D eigenvalue weighted by Gasteiger charge is -1.95. The number of nitrogens with zero attached hydrogens (tertiary/aromatic N) is 4. The topological polar surface area (TPSA) is 66.8 Å². The van der Waals surface area contributed by atoms with E-state index in [1.807, 2.05) is 24.3 Å². The Morgan fingerprint density at radius 3 is 2.80 bits per heavy atom. The smallest absolute Gasteiger partial charge is 0.215 e. The summed E-state index contributed by atoms with van der Waals surface area (Å²) in [5.41, 5.74) is 2.23. The zero-order valence-electron chi connectivity index (χ0n) is 10.7. The Hall–Kier alpha value is -1.99. The highest BCUT2D eigenvalue weighted by Gasteiger charge is 2.09. The number of benzene rings is 1. The summed E-state index contributed by atoms with van der Waals surface area (Å²) in [5, 5.41) is 8.57. The summed E-state index contributed by atoms with van der Waals surface area (Å²) >= 11 is 2.87. The molecule has 0 radical (unpaired) electrons. The van der Waals surface area contributed by atoms with Gasteiger partial charge in [-0.3, -0.25) is 10.1 Å². The standard InChI is InChI=1S/C13H11N5S2/c1-8-3-5-9(6-4-8)11-16-12(18-17-11)20-13-15-7-10(14-2)19-13/h3-7H,2H2,1H3,(H,16,17,18). The summed E-state index contributed by atoms with van der Waals surface area (Å²) in [6, 6.07) is 8.14. The molecule has 3 rings (SSSR count). The van der Waals surface area contributed by atoms with Crippen molar-refractivity contribution in [3.05, 3.63) is 36.0 Å². The molecular formula is C13H11N5S2. The van der Waals surface area contributed by atoms with Crippen LogP contribution < -0.4 is 0 Å². The first-order chi connectivity index (χ1) is 9.74. The molecule has 5 nitrogen and oxygen atoms in total. The molecule has 0 fully saturated rings. The minimum atomic E-state index is 0.644. The highest BCUT2D eigenvalue weighted by Crippen LogP contribution is 2.33. The predicted molar refractivity (Wildman–Crippen MR) is 82.0 cm³/mol. The third-order valence-corrected chi connectivity index (χ3v) is 4.47. The lowest BCUT2D eigenvalue weighted by Crippen LogP contribution is -1.80. The normalized spacial score (nSPS) is 10.7. The minimum Gasteiger partial charge on any atom is -0.258 e. The lowest BCUT2D eigenvalue weighted by molar-refractivity contribution is 0.972. The van der Waals surface area contributed by atoms with Crippen LogP contribution in [0.25, 0.3) is 11.4 Å². The summed E-state index contributed by atoms with van der Waals surface area (Å²) in [4.78, 5) is 12.5. The van der Waals surface area contributed by atoms with Crippen LogP contribution in [0.4, 0.5) is 5.00 Å². The van der Waals surface area contributed by atoms with E-state index in [1.165, 1.54) is 28.7 Å². The van der Waals surface area contributed by atoms with Gasteiger partial charge in [0.15, 0.2) is 10.2 Å². The van der Waals surface area contributed by atoms with Gasteiger partial charge in [-0.25, -0.2) is 9.97 Å². The van der Waals surface area contributed by atoms with Gasteiger partial charge in [-0.05, 0) is 25.4 Å². The van der Waals surface area contributed by atoms with E-state index in [0.717, 1.165) is 20.7 Å². The van der Waals surface area contributed by atoms with Gasteiger partial charge in [-0.2, -0.15) is 0 Å². The molecule has 2 heterocycles. The van der Waals surface area contributed by atoms with Crippen molar-refractivity contribution in [1.29, 1.82) is 0 Å². The van der Waals surface area contributed by atoms with Crippen LogP contribution in [0.5, 0.6) is 0 Å². The van der Waals surface area contributed by atoms with Crippen molar-refractivity contribution in [2.45, 2.75) is 16.4 Å². The fourth-order valence-electron chi connectivity index (χ4n) is 1.58. The van der Waals surface area contributed by atoms with Gasteiger partial charge in [-0.1, -0.05) is 41.2 Å². The third-order valence-electron chi connectivity index (χ3n) is 2.60. The fraction of sp³-hybridized carbons (Fsp3) is 0.0769. The molecule has 0 aliphatic carbocycles. The van der Waals surface area contributed by atoms with E-state index in [2.05, 4.69) is 38.8 Å². The summed E-state index contributed by atoms with van der Waals surface area (Å²) in [6.07, 6.45) is 1.69. The molecule has 0 amide bonds. The molecule has 7 heteroatoms. The highest BCUT2D eigenvalue weighted by atomic mass is 32.2. The van der Waals surface area contributed by atoms with Gasteiger partial charge in [0.2, 0.25) is 5.16 Å². The monoisotopic (exact) mass is 301 g/mol. The molecule has 3 aromatic rings. The van der Waals surface area contributed by atoms with Gasteiger partial charge < -0.3 is 0 Å². The van der Waals surface area contributed by atoms with Crippen LogP contribution in [-0.4, -0.2) is 26.9 Å². The first-order valence-corrected chi connectivity index (χ1v) is 7.48. The van der Waals surface area contributed by atoms with Crippen LogP contribution in [0, 0.1) is 6.92 Å². The van der Waals surface area contributed by atoms with Crippen LogP contribution in [0.3, 0.4) is 0 Å². The summed E-state index contributed by atoms with van der Waals surface area (Å²) in [5.74, 6) is 0.756. The maximum absolute atomic E-state index is 4.46. The van der Waals surface area contributed by atoms with Gasteiger partial charge in [0.25, 0.3) is 0 Å². The molecular weight excluding hydrogens is 290 g/mol. The van der Waals surface area contributed by atoms with Crippen molar-refractivity contribution in [1.82, 2.24) is 20.2 Å². The number of aliphatic imine (C=N–C) groups is 1. The first kappa shape index (κ1) is 13.0. The molecule has 2 aromatic heterocycles. The van der Waals surface area contributed by atoms with Gasteiger partial charge in [0.05, 0.1) is 6.20 Å². The molecule has 0 spiro atoms. The number of H-pyrrole nitrogens is 1. The molecule has 0 atom stereocenters. The van der Waals surface area contributed by atoms with Crippen LogP contribution in [0.15, 0.2) is 45.0 Å². The van der Waals surface area contributed by atoms with Crippen LogP contribution in [-0.2, 0) is 0 Å². The molecule has 1 N–H and O–H groups in total. The van der Waals surface area contributed by atoms with E-state index in [9.17, 15) is 0 Å². The number of hydrogen-bond acceptors (Lipinski definition) is 6. The molecule has 0 saturated carbocycles. The quantitative estimate of drug-likeness (QED) is 0.746. The molecule has 0 bridgehead atoms. The predicted octanol–water partition coefficient (Wildman–Crippen LogP) is 3.72. The van der Waals surface area contributed by atoms with Crippen molar-refractivity contribution in [2.24, 2.45) is 4.99 Å². The van der Waals surface area contributed by atoms with Gasteiger partial charge in [0.1, 0.15) is 5.00 Å². The highest BCUT2D eigenvalue weighted by molar-refractivity contribution is 8.00. The van der Waals surface area contributed by atoms with Crippen LogP contribution in [0.2, 0.25) is 0 Å².